The third-order valence-electron chi connectivity index (χ3n) is 5.61. The van der Waals surface area contributed by atoms with Gasteiger partial charge in [0.25, 0.3) is 0 Å². The first-order valence-electron chi connectivity index (χ1n) is 10.5. The van der Waals surface area contributed by atoms with Crippen molar-refractivity contribution < 1.29 is 4.39 Å². The fourth-order valence-electron chi connectivity index (χ4n) is 3.87. The van der Waals surface area contributed by atoms with Gasteiger partial charge in [0.15, 0.2) is 5.67 Å². The number of benzene rings is 2. The largest absolute Gasteiger partial charge is 0.233 e. The van der Waals surface area contributed by atoms with E-state index in [-0.39, 0.29) is 0 Å². The second-order valence-corrected chi connectivity index (χ2v) is 7.69. The summed E-state index contributed by atoms with van der Waals surface area (Å²) in [4.78, 5) is 0. The Morgan fingerprint density at radius 1 is 0.964 bits per heavy atom. The normalized spacial score (nSPS) is 18.7. The lowest BCUT2D eigenvalue weighted by Crippen LogP contribution is -2.23. The number of unbranched alkanes of at least 4 members (excludes halogenated alkanes) is 2. The smallest absolute Gasteiger partial charge is 0.165 e. The van der Waals surface area contributed by atoms with E-state index in [1.54, 1.807) is 0 Å². The van der Waals surface area contributed by atoms with Crippen molar-refractivity contribution >= 4 is 5.57 Å². The van der Waals surface area contributed by atoms with E-state index in [0.717, 1.165) is 36.0 Å². The summed E-state index contributed by atoms with van der Waals surface area (Å²) in [6, 6.07) is 16.5. The van der Waals surface area contributed by atoms with Crippen LogP contribution in [-0.4, -0.2) is 0 Å². The van der Waals surface area contributed by atoms with Crippen molar-refractivity contribution in [3.63, 3.8) is 0 Å². The third-order valence-corrected chi connectivity index (χ3v) is 5.61. The number of hydrogen-bond donors (Lipinski definition) is 0. The number of halogens is 1. The van der Waals surface area contributed by atoms with Crippen molar-refractivity contribution in [2.45, 2.75) is 57.5 Å². The molecule has 3 rings (SSSR count). The van der Waals surface area contributed by atoms with Crippen LogP contribution in [0.2, 0.25) is 0 Å². The average molecular weight is 375 g/mol. The van der Waals surface area contributed by atoms with Crippen LogP contribution in [-0.2, 0) is 18.5 Å². The highest BCUT2D eigenvalue weighted by Gasteiger charge is 2.37. The molecule has 0 N–H and O–H groups in total. The van der Waals surface area contributed by atoms with Crippen LogP contribution >= 0.6 is 0 Å². The maximum absolute atomic E-state index is 16.3. The van der Waals surface area contributed by atoms with E-state index in [2.05, 4.69) is 37.8 Å². The molecule has 2 aromatic rings. The molecule has 1 heteroatoms. The Labute approximate surface area is 169 Å². The van der Waals surface area contributed by atoms with E-state index in [9.17, 15) is 0 Å². The molecule has 0 radical (unpaired) electrons. The fraction of sp³-hybridized carbons (Fsp3) is 0.333. The Hall–Kier alpha value is -2.41. The molecule has 146 valence electrons. The maximum atomic E-state index is 16.3. The van der Waals surface area contributed by atoms with Gasteiger partial charge in [0.2, 0.25) is 0 Å². The third kappa shape index (κ3) is 4.70. The lowest BCUT2D eigenvalue weighted by molar-refractivity contribution is 0.249. The highest BCUT2D eigenvalue weighted by Crippen LogP contribution is 2.45. The van der Waals surface area contributed by atoms with Crippen molar-refractivity contribution in [2.24, 2.45) is 0 Å². The zero-order chi connectivity index (χ0) is 19.8. The first-order chi connectivity index (χ1) is 13.7. The second-order valence-electron chi connectivity index (χ2n) is 7.69. The van der Waals surface area contributed by atoms with E-state index in [4.69, 9.17) is 0 Å². The molecular formula is C27H31F. The number of alkyl halides is 1. The number of rotatable bonds is 9. The Morgan fingerprint density at radius 2 is 1.64 bits per heavy atom. The molecule has 1 atom stereocenters. The summed E-state index contributed by atoms with van der Waals surface area (Å²) in [6.07, 6.45) is 14.8. The zero-order valence-electron chi connectivity index (χ0n) is 17.0. The molecule has 0 amide bonds. The Bertz CT molecular complexity index is 824. The number of allylic oxidation sites excluding steroid dienone is 5. The predicted molar refractivity (Wildman–Crippen MR) is 119 cm³/mol. The van der Waals surface area contributed by atoms with Crippen LogP contribution in [0.1, 0.15) is 61.3 Å². The molecule has 0 spiro atoms. The first-order valence-corrected chi connectivity index (χ1v) is 10.5. The molecule has 0 aliphatic heterocycles. The molecule has 0 fully saturated rings. The minimum absolute atomic E-state index is 0.378. The van der Waals surface area contributed by atoms with Crippen LogP contribution in [0.5, 0.6) is 0 Å². The quantitative estimate of drug-likeness (QED) is 0.311. The summed E-state index contributed by atoms with van der Waals surface area (Å²) < 4.78 is 16.3. The standard InChI is InChI=1S/C27H31F/c1-3-5-7-11-23-13-17-24(18-14-23)26-12-8-9-21-27(26,28)25-19-15-22(16-20-25)10-6-4-2/h4,8-9,12-20H,2-3,5-7,10-11,21H2,1H3. The van der Waals surface area contributed by atoms with E-state index in [1.807, 2.05) is 48.6 Å². The van der Waals surface area contributed by atoms with E-state index in [0.29, 0.717) is 6.42 Å². The van der Waals surface area contributed by atoms with Crippen LogP contribution in [0.3, 0.4) is 0 Å². The van der Waals surface area contributed by atoms with Crippen LogP contribution in [0, 0.1) is 0 Å². The Balaban J connectivity index is 1.82. The van der Waals surface area contributed by atoms with Gasteiger partial charge >= 0.3 is 0 Å². The van der Waals surface area contributed by atoms with Gasteiger partial charge in [-0.05, 0) is 47.9 Å². The summed E-state index contributed by atoms with van der Waals surface area (Å²) in [7, 11) is 0. The van der Waals surface area contributed by atoms with E-state index in [1.165, 1.54) is 30.4 Å². The van der Waals surface area contributed by atoms with Gasteiger partial charge in [-0.3, -0.25) is 0 Å². The summed E-state index contributed by atoms with van der Waals surface area (Å²) in [6.45, 7) is 5.99. The van der Waals surface area contributed by atoms with Gasteiger partial charge < -0.3 is 0 Å². The molecule has 0 nitrogen and oxygen atoms in total. The monoisotopic (exact) mass is 374 g/mol. The predicted octanol–water partition coefficient (Wildman–Crippen LogP) is 7.75. The van der Waals surface area contributed by atoms with Gasteiger partial charge in [-0.1, -0.05) is 92.6 Å². The Kier molecular flexibility index (Phi) is 7.03. The SMILES string of the molecule is C=CCCc1ccc(C2(F)CC=CC=C2c2ccc(CCCCC)cc2)cc1. The van der Waals surface area contributed by atoms with Gasteiger partial charge in [0, 0.05) is 12.0 Å². The summed E-state index contributed by atoms with van der Waals surface area (Å²) in [5, 5.41) is 0. The summed E-state index contributed by atoms with van der Waals surface area (Å²) >= 11 is 0. The van der Waals surface area contributed by atoms with Crippen molar-refractivity contribution in [1.82, 2.24) is 0 Å². The van der Waals surface area contributed by atoms with Crippen molar-refractivity contribution in [3.8, 4) is 0 Å². The molecule has 28 heavy (non-hydrogen) atoms. The van der Waals surface area contributed by atoms with Gasteiger partial charge in [-0.15, -0.1) is 6.58 Å². The minimum atomic E-state index is -1.48. The molecule has 0 heterocycles. The summed E-state index contributed by atoms with van der Waals surface area (Å²) in [5.41, 5.74) is 3.55. The van der Waals surface area contributed by atoms with Crippen LogP contribution in [0.15, 0.2) is 79.4 Å². The highest BCUT2D eigenvalue weighted by molar-refractivity contribution is 5.76. The molecule has 1 aliphatic rings. The molecule has 0 saturated heterocycles. The summed E-state index contributed by atoms with van der Waals surface area (Å²) in [5.74, 6) is 0. The van der Waals surface area contributed by atoms with Gasteiger partial charge in [-0.25, -0.2) is 4.39 Å². The van der Waals surface area contributed by atoms with Gasteiger partial charge in [0.05, 0.1) is 0 Å². The molecule has 0 aromatic heterocycles. The molecular weight excluding hydrogens is 343 g/mol. The topological polar surface area (TPSA) is 0 Å². The highest BCUT2D eigenvalue weighted by atomic mass is 19.1. The van der Waals surface area contributed by atoms with E-state index < -0.39 is 5.67 Å². The zero-order valence-corrected chi connectivity index (χ0v) is 17.0. The average Bonchev–Trinajstić information content (AvgIpc) is 2.74. The molecule has 0 saturated carbocycles. The minimum Gasteiger partial charge on any atom is -0.233 e. The number of hydrogen-bond acceptors (Lipinski definition) is 0. The maximum Gasteiger partial charge on any atom is 0.165 e. The molecule has 2 aromatic carbocycles. The molecule has 1 unspecified atom stereocenters. The van der Waals surface area contributed by atoms with Crippen LogP contribution in [0.4, 0.5) is 4.39 Å². The lowest BCUT2D eigenvalue weighted by atomic mass is 9.78. The van der Waals surface area contributed by atoms with E-state index >= 15 is 4.39 Å². The van der Waals surface area contributed by atoms with Crippen molar-refractivity contribution in [1.29, 1.82) is 0 Å². The van der Waals surface area contributed by atoms with Crippen LogP contribution in [0.25, 0.3) is 5.57 Å². The van der Waals surface area contributed by atoms with Crippen LogP contribution < -0.4 is 0 Å². The molecule has 1 aliphatic carbocycles. The first kappa shape index (κ1) is 20.3. The molecule has 0 bridgehead atoms. The Morgan fingerprint density at radius 3 is 2.32 bits per heavy atom. The van der Waals surface area contributed by atoms with Gasteiger partial charge in [-0.2, -0.15) is 0 Å². The fourth-order valence-corrected chi connectivity index (χ4v) is 3.87. The van der Waals surface area contributed by atoms with Crippen molar-refractivity contribution in [3.05, 3.63) is 102 Å². The van der Waals surface area contributed by atoms with Crippen molar-refractivity contribution in [2.75, 3.05) is 0 Å². The second kappa shape index (κ2) is 9.68. The van der Waals surface area contributed by atoms with Gasteiger partial charge in [0.1, 0.15) is 0 Å². The lowest BCUT2D eigenvalue weighted by Gasteiger charge is -2.30. The number of aryl methyl sites for hydroxylation is 2.